The van der Waals surface area contributed by atoms with Gasteiger partial charge in [-0.1, -0.05) is 30.0 Å². The maximum absolute atomic E-state index is 13.5. The molecule has 0 radical (unpaired) electrons. The molecule has 0 aromatic carbocycles. The van der Waals surface area contributed by atoms with Crippen molar-refractivity contribution in [1.82, 2.24) is 10.2 Å². The second-order valence-electron chi connectivity index (χ2n) is 7.82. The van der Waals surface area contributed by atoms with Gasteiger partial charge in [-0.3, -0.25) is 4.79 Å². The Bertz CT molecular complexity index is 613. The molecule has 1 aliphatic carbocycles. The molecule has 1 amide bonds. The number of thioether (sulfide) groups is 1. The summed E-state index contributed by atoms with van der Waals surface area (Å²) in [6, 6.07) is -0.987. The molecule has 2 rings (SSSR count). The maximum Gasteiger partial charge on any atom is 0.288 e. The van der Waals surface area contributed by atoms with Crippen molar-refractivity contribution in [2.24, 2.45) is 5.92 Å². The van der Waals surface area contributed by atoms with Gasteiger partial charge in [-0.25, -0.2) is 4.39 Å². The van der Waals surface area contributed by atoms with Crippen molar-refractivity contribution < 1.29 is 32.9 Å². The van der Waals surface area contributed by atoms with Gasteiger partial charge in [-0.05, 0) is 26.8 Å². The standard InChI is InChI=1S/C20H31F3N2O4S/c1-12-9-14(10-18(27)29-12)25(2)8-7-17(26)24-16(11-21)19(28)13-3-5-15(6-4-13)30-20(22)23/h3,5-6,12-14,16,18-20,27-28H,4,7-11H2,1-2H3,(H,24,26). The van der Waals surface area contributed by atoms with Crippen molar-refractivity contribution in [3.8, 4) is 0 Å². The van der Waals surface area contributed by atoms with E-state index in [-0.39, 0.29) is 24.5 Å². The number of allylic oxidation sites excluding steroid dienone is 2. The predicted octanol–water partition coefficient (Wildman–Crippen LogP) is 2.43. The van der Waals surface area contributed by atoms with Crippen LogP contribution in [0.15, 0.2) is 23.1 Å². The van der Waals surface area contributed by atoms with Crippen LogP contribution in [0.2, 0.25) is 0 Å². The summed E-state index contributed by atoms with van der Waals surface area (Å²) in [5.41, 5.74) is 0. The van der Waals surface area contributed by atoms with Crippen LogP contribution in [0.1, 0.15) is 32.6 Å². The van der Waals surface area contributed by atoms with Crippen LogP contribution >= 0.6 is 11.8 Å². The van der Waals surface area contributed by atoms with Crippen molar-refractivity contribution >= 4 is 17.7 Å². The number of alkyl halides is 3. The van der Waals surface area contributed by atoms with Gasteiger partial charge in [0.05, 0.1) is 18.2 Å². The Morgan fingerprint density at radius 3 is 2.73 bits per heavy atom. The van der Waals surface area contributed by atoms with Gasteiger partial charge < -0.3 is 25.2 Å². The van der Waals surface area contributed by atoms with E-state index in [9.17, 15) is 28.2 Å². The molecule has 0 spiro atoms. The van der Waals surface area contributed by atoms with E-state index < -0.39 is 36.8 Å². The largest absolute Gasteiger partial charge is 0.390 e. The average Bonchev–Trinajstić information content (AvgIpc) is 2.69. The highest BCUT2D eigenvalue weighted by molar-refractivity contribution is 8.03. The predicted molar refractivity (Wildman–Crippen MR) is 110 cm³/mol. The number of hydrogen-bond donors (Lipinski definition) is 3. The van der Waals surface area contributed by atoms with Crippen LogP contribution in [0.4, 0.5) is 13.2 Å². The summed E-state index contributed by atoms with van der Waals surface area (Å²) >= 11 is 0.422. The highest BCUT2D eigenvalue weighted by Crippen LogP contribution is 2.31. The molecule has 1 aliphatic heterocycles. The minimum atomic E-state index is -2.52. The number of halogens is 3. The summed E-state index contributed by atoms with van der Waals surface area (Å²) in [6.07, 6.45) is 4.23. The van der Waals surface area contributed by atoms with Gasteiger partial charge in [0.15, 0.2) is 6.29 Å². The van der Waals surface area contributed by atoms with Crippen molar-refractivity contribution in [3.63, 3.8) is 0 Å². The Labute approximate surface area is 179 Å². The maximum atomic E-state index is 13.5. The molecular weight excluding hydrogens is 421 g/mol. The molecule has 6 unspecified atom stereocenters. The lowest BCUT2D eigenvalue weighted by molar-refractivity contribution is -0.173. The smallest absolute Gasteiger partial charge is 0.288 e. The molecule has 3 N–H and O–H groups in total. The Hall–Kier alpha value is -1.07. The Morgan fingerprint density at radius 2 is 2.17 bits per heavy atom. The normalized spacial score (nSPS) is 29.0. The lowest BCUT2D eigenvalue weighted by Gasteiger charge is -2.36. The summed E-state index contributed by atoms with van der Waals surface area (Å²) in [7, 11) is 1.86. The third-order valence-corrected chi connectivity index (χ3v) is 6.22. The van der Waals surface area contributed by atoms with E-state index >= 15 is 0 Å². The monoisotopic (exact) mass is 452 g/mol. The zero-order valence-corrected chi connectivity index (χ0v) is 18.0. The number of carbonyl (C=O) groups excluding carboxylic acids is 1. The van der Waals surface area contributed by atoms with E-state index in [4.69, 9.17) is 4.74 Å². The first kappa shape index (κ1) is 25.2. The first-order chi connectivity index (χ1) is 14.2. The second-order valence-corrected chi connectivity index (χ2v) is 8.88. The van der Waals surface area contributed by atoms with E-state index in [1.807, 2.05) is 18.9 Å². The van der Waals surface area contributed by atoms with Gasteiger partial charge in [-0.15, -0.1) is 0 Å². The summed E-state index contributed by atoms with van der Waals surface area (Å²) in [5.74, 6) is -3.36. The van der Waals surface area contributed by atoms with Crippen molar-refractivity contribution in [2.75, 3.05) is 20.3 Å². The highest BCUT2D eigenvalue weighted by atomic mass is 32.2. The summed E-state index contributed by atoms with van der Waals surface area (Å²) in [5, 5.41) is 22.7. The number of aliphatic hydroxyl groups excluding tert-OH is 2. The van der Waals surface area contributed by atoms with Crippen LogP contribution in [0.25, 0.3) is 0 Å². The molecular formula is C20H31F3N2O4S. The molecule has 0 saturated carbocycles. The van der Waals surface area contributed by atoms with Gasteiger partial charge in [0.1, 0.15) is 6.67 Å². The third-order valence-electron chi connectivity index (χ3n) is 5.47. The first-order valence-corrected chi connectivity index (χ1v) is 11.0. The number of hydrogen-bond acceptors (Lipinski definition) is 6. The van der Waals surface area contributed by atoms with Gasteiger partial charge in [-0.2, -0.15) is 8.78 Å². The van der Waals surface area contributed by atoms with Crippen LogP contribution in [-0.2, 0) is 9.53 Å². The van der Waals surface area contributed by atoms with E-state index in [2.05, 4.69) is 5.32 Å². The molecule has 0 bridgehead atoms. The van der Waals surface area contributed by atoms with Gasteiger partial charge >= 0.3 is 0 Å². The molecule has 172 valence electrons. The van der Waals surface area contributed by atoms with E-state index in [1.54, 1.807) is 12.2 Å². The molecule has 2 aliphatic rings. The molecule has 1 saturated heterocycles. The fraction of sp³-hybridized carbons (Fsp3) is 0.750. The number of rotatable bonds is 10. The minimum absolute atomic E-state index is 0.0710. The molecule has 1 fully saturated rings. The van der Waals surface area contributed by atoms with Gasteiger partial charge in [0, 0.05) is 36.3 Å². The van der Waals surface area contributed by atoms with E-state index in [0.717, 1.165) is 6.42 Å². The SMILES string of the molecule is CC1CC(N(C)CCC(=O)NC(CF)C(O)C2C=CC(SC(F)F)=CC2)CC(O)O1. The number of aliphatic hydroxyl groups is 2. The number of amides is 1. The lowest BCUT2D eigenvalue weighted by atomic mass is 9.90. The Balaban J connectivity index is 1.78. The van der Waals surface area contributed by atoms with E-state index in [1.165, 1.54) is 6.08 Å². The average molecular weight is 453 g/mol. The molecule has 10 heteroatoms. The molecule has 1 heterocycles. The molecule has 6 atom stereocenters. The minimum Gasteiger partial charge on any atom is -0.390 e. The summed E-state index contributed by atoms with van der Waals surface area (Å²) in [6.45, 7) is 1.37. The first-order valence-electron chi connectivity index (χ1n) is 10.1. The number of ether oxygens (including phenoxy) is 1. The van der Waals surface area contributed by atoms with Gasteiger partial charge in [0.25, 0.3) is 5.76 Å². The Morgan fingerprint density at radius 1 is 1.43 bits per heavy atom. The zero-order valence-electron chi connectivity index (χ0n) is 17.2. The second kappa shape index (κ2) is 12.1. The quantitative estimate of drug-likeness (QED) is 0.472. The van der Waals surface area contributed by atoms with Crippen molar-refractivity contribution in [3.05, 3.63) is 23.1 Å². The third kappa shape index (κ3) is 7.88. The molecule has 0 aromatic rings. The fourth-order valence-electron chi connectivity index (χ4n) is 3.77. The lowest BCUT2D eigenvalue weighted by Crippen LogP contribution is -2.49. The number of carbonyl (C=O) groups is 1. The molecule has 6 nitrogen and oxygen atoms in total. The zero-order chi connectivity index (χ0) is 22.3. The van der Waals surface area contributed by atoms with Crippen LogP contribution < -0.4 is 5.32 Å². The highest BCUT2D eigenvalue weighted by Gasteiger charge is 2.30. The van der Waals surface area contributed by atoms with E-state index in [0.29, 0.717) is 36.1 Å². The Kier molecular flexibility index (Phi) is 10.2. The van der Waals surface area contributed by atoms with Crippen LogP contribution in [0.3, 0.4) is 0 Å². The van der Waals surface area contributed by atoms with Crippen molar-refractivity contribution in [2.45, 2.75) is 68.9 Å². The molecule has 30 heavy (non-hydrogen) atoms. The fourth-order valence-corrected chi connectivity index (χ4v) is 4.32. The topological polar surface area (TPSA) is 82.0 Å². The van der Waals surface area contributed by atoms with Crippen LogP contribution in [0.5, 0.6) is 0 Å². The number of nitrogens with one attached hydrogen (secondary N) is 1. The number of nitrogens with zero attached hydrogens (tertiary/aromatic N) is 1. The van der Waals surface area contributed by atoms with Crippen LogP contribution in [0, 0.1) is 5.92 Å². The molecule has 0 aromatic heterocycles. The summed E-state index contributed by atoms with van der Waals surface area (Å²) < 4.78 is 43.6. The van der Waals surface area contributed by atoms with Crippen LogP contribution in [-0.4, -0.2) is 77.6 Å². The van der Waals surface area contributed by atoms with Gasteiger partial charge in [0.2, 0.25) is 5.91 Å². The van der Waals surface area contributed by atoms with Crippen molar-refractivity contribution in [1.29, 1.82) is 0 Å². The summed E-state index contributed by atoms with van der Waals surface area (Å²) in [4.78, 5) is 14.7.